The zero-order valence-electron chi connectivity index (χ0n) is 10.7. The van der Waals surface area contributed by atoms with Gasteiger partial charge in [-0.2, -0.15) is 0 Å². The molecule has 3 unspecified atom stereocenters. The molecule has 3 atom stereocenters. The number of carbonyl (C=O) groups excluding carboxylic acids is 1. The van der Waals surface area contributed by atoms with Gasteiger partial charge in [-0.3, -0.25) is 9.59 Å². The van der Waals surface area contributed by atoms with E-state index in [-0.39, 0.29) is 29.2 Å². The van der Waals surface area contributed by atoms with E-state index < -0.39 is 21.7 Å². The van der Waals surface area contributed by atoms with Gasteiger partial charge in [-0.15, -0.1) is 0 Å². The van der Waals surface area contributed by atoms with Gasteiger partial charge < -0.3 is 10.4 Å². The van der Waals surface area contributed by atoms with E-state index in [1.807, 2.05) is 0 Å². The summed E-state index contributed by atoms with van der Waals surface area (Å²) in [7, 11) is -2.91. The summed E-state index contributed by atoms with van der Waals surface area (Å²) >= 11 is 0. The normalized spacial score (nSPS) is 33.2. The smallest absolute Gasteiger partial charge is 0.306 e. The molecular weight excluding hydrogens is 270 g/mol. The van der Waals surface area contributed by atoms with Crippen molar-refractivity contribution in [1.82, 2.24) is 5.32 Å². The van der Waals surface area contributed by atoms with E-state index in [0.29, 0.717) is 32.2 Å². The first-order valence-electron chi connectivity index (χ1n) is 6.58. The summed E-state index contributed by atoms with van der Waals surface area (Å²) < 4.78 is 22.6. The minimum atomic E-state index is -2.91. The van der Waals surface area contributed by atoms with Crippen LogP contribution in [0, 0.1) is 17.8 Å². The van der Waals surface area contributed by atoms with Crippen LogP contribution in [0.2, 0.25) is 0 Å². The number of carboxylic acids is 1. The van der Waals surface area contributed by atoms with Crippen molar-refractivity contribution in [2.75, 3.05) is 18.1 Å². The van der Waals surface area contributed by atoms with E-state index in [4.69, 9.17) is 5.11 Å². The van der Waals surface area contributed by atoms with Crippen LogP contribution in [0.5, 0.6) is 0 Å². The number of carbonyl (C=O) groups is 2. The van der Waals surface area contributed by atoms with Crippen molar-refractivity contribution in [1.29, 1.82) is 0 Å². The van der Waals surface area contributed by atoms with Crippen molar-refractivity contribution in [2.45, 2.75) is 25.7 Å². The van der Waals surface area contributed by atoms with Crippen molar-refractivity contribution < 1.29 is 23.1 Å². The number of hydrogen-bond acceptors (Lipinski definition) is 4. The Morgan fingerprint density at radius 3 is 2.37 bits per heavy atom. The van der Waals surface area contributed by atoms with Gasteiger partial charge >= 0.3 is 5.97 Å². The van der Waals surface area contributed by atoms with E-state index in [9.17, 15) is 18.0 Å². The molecule has 2 rings (SSSR count). The molecule has 2 N–H and O–H groups in total. The standard InChI is InChI=1S/C12H19NO5S/c14-11(9-1-2-10(5-9)12(15)16)13-6-8-3-4-19(17,18)7-8/h8-10H,1-7H2,(H,13,14)(H,15,16). The molecule has 108 valence electrons. The van der Waals surface area contributed by atoms with Gasteiger partial charge in [0.1, 0.15) is 0 Å². The lowest BCUT2D eigenvalue weighted by molar-refractivity contribution is -0.141. The zero-order chi connectivity index (χ0) is 14.0. The van der Waals surface area contributed by atoms with Gasteiger partial charge in [0.25, 0.3) is 0 Å². The second-order valence-electron chi connectivity index (χ2n) is 5.56. The van der Waals surface area contributed by atoms with Crippen LogP contribution in [0.1, 0.15) is 25.7 Å². The largest absolute Gasteiger partial charge is 0.481 e. The number of rotatable bonds is 4. The summed E-state index contributed by atoms with van der Waals surface area (Å²) in [5.41, 5.74) is 0. The van der Waals surface area contributed by atoms with Crippen molar-refractivity contribution in [3.63, 3.8) is 0 Å². The lowest BCUT2D eigenvalue weighted by Gasteiger charge is -2.13. The van der Waals surface area contributed by atoms with E-state index in [1.165, 1.54) is 0 Å². The summed E-state index contributed by atoms with van der Waals surface area (Å²) in [6, 6.07) is 0. The van der Waals surface area contributed by atoms with Crippen LogP contribution in [-0.2, 0) is 19.4 Å². The van der Waals surface area contributed by atoms with Crippen LogP contribution in [-0.4, -0.2) is 43.5 Å². The van der Waals surface area contributed by atoms with Crippen LogP contribution in [0.25, 0.3) is 0 Å². The molecule has 0 aromatic heterocycles. The fraction of sp³-hybridized carbons (Fsp3) is 0.833. The fourth-order valence-electron chi connectivity index (χ4n) is 2.87. The number of carboxylic acid groups (broad SMARTS) is 1. The molecule has 1 aliphatic heterocycles. The Balaban J connectivity index is 1.75. The molecule has 2 aliphatic rings. The predicted octanol–water partition coefficient (Wildman–Crippen LogP) is 0.0382. The minimum Gasteiger partial charge on any atom is -0.481 e. The van der Waals surface area contributed by atoms with Gasteiger partial charge in [0.05, 0.1) is 17.4 Å². The molecule has 1 heterocycles. The highest BCUT2D eigenvalue weighted by molar-refractivity contribution is 7.91. The molecule has 7 heteroatoms. The molecule has 0 spiro atoms. The molecule has 0 aromatic rings. The Morgan fingerprint density at radius 2 is 1.84 bits per heavy atom. The van der Waals surface area contributed by atoms with Crippen LogP contribution in [0.4, 0.5) is 0 Å². The third kappa shape index (κ3) is 3.68. The van der Waals surface area contributed by atoms with Crippen molar-refractivity contribution in [3.05, 3.63) is 0 Å². The van der Waals surface area contributed by atoms with E-state index in [0.717, 1.165) is 0 Å². The summed E-state index contributed by atoms with van der Waals surface area (Å²) in [4.78, 5) is 22.7. The Hall–Kier alpha value is -1.11. The van der Waals surface area contributed by atoms with Gasteiger partial charge in [-0.25, -0.2) is 8.42 Å². The fourth-order valence-corrected chi connectivity index (χ4v) is 4.73. The SMILES string of the molecule is O=C(O)C1CCC(C(=O)NCC2CCS(=O)(=O)C2)C1. The maximum absolute atomic E-state index is 11.9. The summed E-state index contributed by atoms with van der Waals surface area (Å²) in [5, 5.41) is 11.6. The second-order valence-corrected chi connectivity index (χ2v) is 7.79. The molecule has 1 saturated carbocycles. The van der Waals surface area contributed by atoms with E-state index >= 15 is 0 Å². The molecule has 1 amide bonds. The summed E-state index contributed by atoms with van der Waals surface area (Å²) in [6.07, 6.45) is 2.14. The van der Waals surface area contributed by atoms with E-state index in [2.05, 4.69) is 5.32 Å². The number of nitrogens with one attached hydrogen (secondary N) is 1. The van der Waals surface area contributed by atoms with Crippen molar-refractivity contribution in [3.8, 4) is 0 Å². The van der Waals surface area contributed by atoms with Gasteiger partial charge in [0.2, 0.25) is 5.91 Å². The Bertz CT molecular complexity index is 473. The molecule has 1 saturated heterocycles. The van der Waals surface area contributed by atoms with Crippen LogP contribution < -0.4 is 5.32 Å². The molecule has 1 aliphatic carbocycles. The monoisotopic (exact) mass is 289 g/mol. The highest BCUT2D eigenvalue weighted by Gasteiger charge is 2.34. The van der Waals surface area contributed by atoms with Gasteiger partial charge in [0, 0.05) is 12.5 Å². The summed E-state index contributed by atoms with van der Waals surface area (Å²) in [6.45, 7) is 0.381. The number of aliphatic carboxylic acids is 1. The van der Waals surface area contributed by atoms with Gasteiger partial charge in [-0.1, -0.05) is 0 Å². The lowest BCUT2D eigenvalue weighted by atomic mass is 10.0. The van der Waals surface area contributed by atoms with Crippen molar-refractivity contribution >= 4 is 21.7 Å². The Labute approximate surface area is 112 Å². The minimum absolute atomic E-state index is 0.00521. The quantitative estimate of drug-likeness (QED) is 0.761. The molecule has 19 heavy (non-hydrogen) atoms. The maximum Gasteiger partial charge on any atom is 0.306 e. The third-order valence-electron chi connectivity index (χ3n) is 4.04. The predicted molar refractivity (Wildman–Crippen MR) is 68.2 cm³/mol. The molecule has 0 bridgehead atoms. The van der Waals surface area contributed by atoms with Gasteiger partial charge in [0.15, 0.2) is 9.84 Å². The second kappa shape index (κ2) is 5.48. The molecular formula is C12H19NO5S. The summed E-state index contributed by atoms with van der Waals surface area (Å²) in [5.74, 6) is -1.26. The van der Waals surface area contributed by atoms with E-state index in [1.54, 1.807) is 0 Å². The van der Waals surface area contributed by atoms with Gasteiger partial charge in [-0.05, 0) is 31.6 Å². The van der Waals surface area contributed by atoms with Crippen LogP contribution in [0.3, 0.4) is 0 Å². The first kappa shape index (κ1) is 14.3. The highest BCUT2D eigenvalue weighted by atomic mass is 32.2. The molecule has 6 nitrogen and oxygen atoms in total. The number of sulfone groups is 1. The molecule has 2 fully saturated rings. The average molecular weight is 289 g/mol. The molecule has 0 radical (unpaired) electrons. The molecule has 0 aromatic carbocycles. The maximum atomic E-state index is 11.9. The van der Waals surface area contributed by atoms with Crippen LogP contribution >= 0.6 is 0 Å². The first-order chi connectivity index (χ1) is 8.87. The Kier molecular flexibility index (Phi) is 4.13. The average Bonchev–Trinajstić information content (AvgIpc) is 2.92. The highest BCUT2D eigenvalue weighted by Crippen LogP contribution is 2.31. The third-order valence-corrected chi connectivity index (χ3v) is 5.88. The van der Waals surface area contributed by atoms with Crippen LogP contribution in [0.15, 0.2) is 0 Å². The lowest BCUT2D eigenvalue weighted by Crippen LogP contribution is -2.34. The number of amides is 1. The Morgan fingerprint density at radius 1 is 1.16 bits per heavy atom. The topological polar surface area (TPSA) is 101 Å². The zero-order valence-corrected chi connectivity index (χ0v) is 11.5. The number of hydrogen-bond donors (Lipinski definition) is 2. The first-order valence-corrected chi connectivity index (χ1v) is 8.40. The van der Waals surface area contributed by atoms with Crippen molar-refractivity contribution in [2.24, 2.45) is 17.8 Å².